The van der Waals surface area contributed by atoms with E-state index in [2.05, 4.69) is 6.92 Å². The summed E-state index contributed by atoms with van der Waals surface area (Å²) >= 11 is 0. The van der Waals surface area contributed by atoms with Crippen LogP contribution in [0.3, 0.4) is 0 Å². The van der Waals surface area contributed by atoms with Crippen LogP contribution in [0.5, 0.6) is 11.5 Å². The Morgan fingerprint density at radius 1 is 1.00 bits per heavy atom. The molecule has 1 rings (SSSR count). The molecule has 124 valence electrons. The predicted molar refractivity (Wildman–Crippen MR) is 90.8 cm³/mol. The Labute approximate surface area is 134 Å². The molecule has 0 amide bonds. The zero-order valence-electron chi connectivity index (χ0n) is 14.1. The summed E-state index contributed by atoms with van der Waals surface area (Å²) in [5.41, 5.74) is 0.412. The Morgan fingerprint density at radius 2 is 1.68 bits per heavy atom. The van der Waals surface area contributed by atoms with Crippen LogP contribution in [0, 0.1) is 0 Å². The zero-order chi connectivity index (χ0) is 16.2. The molecule has 1 aromatic carbocycles. The van der Waals surface area contributed by atoms with E-state index in [9.17, 15) is 9.90 Å². The van der Waals surface area contributed by atoms with Gasteiger partial charge in [-0.15, -0.1) is 0 Å². The number of phenols is 1. The van der Waals surface area contributed by atoms with Gasteiger partial charge in [-0.2, -0.15) is 0 Å². The molecule has 0 heterocycles. The SMILES string of the molecule is CCCCCCCCCC(=O)c1ccc(OCCC)cc1O. The lowest BCUT2D eigenvalue weighted by Gasteiger charge is -2.08. The van der Waals surface area contributed by atoms with E-state index in [0.29, 0.717) is 24.3 Å². The van der Waals surface area contributed by atoms with Gasteiger partial charge in [0.2, 0.25) is 0 Å². The topological polar surface area (TPSA) is 46.5 Å². The van der Waals surface area contributed by atoms with Crippen molar-refractivity contribution in [3.63, 3.8) is 0 Å². The van der Waals surface area contributed by atoms with E-state index < -0.39 is 0 Å². The number of hydrogen-bond acceptors (Lipinski definition) is 3. The lowest BCUT2D eigenvalue weighted by Crippen LogP contribution is -2.01. The van der Waals surface area contributed by atoms with E-state index in [-0.39, 0.29) is 11.5 Å². The number of aromatic hydroxyl groups is 1. The maximum Gasteiger partial charge on any atom is 0.166 e. The molecule has 0 saturated carbocycles. The molecule has 0 aliphatic rings. The second kappa shape index (κ2) is 11.1. The smallest absolute Gasteiger partial charge is 0.166 e. The molecular weight excluding hydrogens is 276 g/mol. The maximum absolute atomic E-state index is 12.1. The number of phenolic OH excluding ortho intramolecular Hbond substituents is 1. The molecule has 22 heavy (non-hydrogen) atoms. The van der Waals surface area contributed by atoms with Gasteiger partial charge in [0.25, 0.3) is 0 Å². The Morgan fingerprint density at radius 3 is 2.32 bits per heavy atom. The number of carbonyl (C=O) groups is 1. The number of ketones is 1. The van der Waals surface area contributed by atoms with Crippen molar-refractivity contribution in [2.75, 3.05) is 6.61 Å². The van der Waals surface area contributed by atoms with Crippen molar-refractivity contribution in [2.24, 2.45) is 0 Å². The molecule has 0 aliphatic heterocycles. The average Bonchev–Trinajstić information content (AvgIpc) is 2.52. The summed E-state index contributed by atoms with van der Waals surface area (Å²) in [4.78, 5) is 12.1. The quantitative estimate of drug-likeness (QED) is 0.409. The van der Waals surface area contributed by atoms with Crippen molar-refractivity contribution in [3.8, 4) is 11.5 Å². The van der Waals surface area contributed by atoms with Crippen molar-refractivity contribution in [1.29, 1.82) is 0 Å². The van der Waals surface area contributed by atoms with Crippen LogP contribution in [0.4, 0.5) is 0 Å². The normalized spacial score (nSPS) is 10.6. The summed E-state index contributed by atoms with van der Waals surface area (Å²) in [5, 5.41) is 9.96. The van der Waals surface area contributed by atoms with Gasteiger partial charge in [-0.1, -0.05) is 52.4 Å². The molecule has 0 aliphatic carbocycles. The summed E-state index contributed by atoms with van der Waals surface area (Å²) in [5.74, 6) is 0.668. The van der Waals surface area contributed by atoms with Gasteiger partial charge in [0.1, 0.15) is 11.5 Å². The molecule has 0 bridgehead atoms. The fourth-order valence-corrected chi connectivity index (χ4v) is 2.43. The van der Waals surface area contributed by atoms with Gasteiger partial charge in [-0.05, 0) is 25.0 Å². The molecule has 0 atom stereocenters. The van der Waals surface area contributed by atoms with Crippen LogP contribution in [0.1, 0.15) is 82.0 Å². The maximum atomic E-state index is 12.1. The first-order valence-electron chi connectivity index (χ1n) is 8.68. The molecule has 3 heteroatoms. The van der Waals surface area contributed by atoms with E-state index in [1.807, 2.05) is 6.92 Å². The molecule has 3 nitrogen and oxygen atoms in total. The van der Waals surface area contributed by atoms with Crippen LogP contribution in [0.2, 0.25) is 0 Å². The van der Waals surface area contributed by atoms with Crippen molar-refractivity contribution in [1.82, 2.24) is 0 Å². The monoisotopic (exact) mass is 306 g/mol. The van der Waals surface area contributed by atoms with E-state index in [0.717, 1.165) is 19.3 Å². The van der Waals surface area contributed by atoms with E-state index in [1.54, 1.807) is 12.1 Å². The average molecular weight is 306 g/mol. The third-order valence-electron chi connectivity index (χ3n) is 3.75. The minimum atomic E-state index is 0.0214. The summed E-state index contributed by atoms with van der Waals surface area (Å²) in [6.07, 6.45) is 9.74. The van der Waals surface area contributed by atoms with Gasteiger partial charge in [0, 0.05) is 12.5 Å². The Kier molecular flexibility index (Phi) is 9.36. The van der Waals surface area contributed by atoms with Gasteiger partial charge in [-0.25, -0.2) is 0 Å². The van der Waals surface area contributed by atoms with Crippen LogP contribution < -0.4 is 4.74 Å². The molecule has 0 fully saturated rings. The van der Waals surface area contributed by atoms with E-state index in [4.69, 9.17) is 4.74 Å². The third kappa shape index (κ3) is 6.97. The highest BCUT2D eigenvalue weighted by Crippen LogP contribution is 2.25. The number of hydrogen-bond donors (Lipinski definition) is 1. The van der Waals surface area contributed by atoms with Crippen LogP contribution >= 0.6 is 0 Å². The number of carbonyl (C=O) groups excluding carboxylic acids is 1. The van der Waals surface area contributed by atoms with Gasteiger partial charge in [0.15, 0.2) is 5.78 Å². The zero-order valence-corrected chi connectivity index (χ0v) is 14.1. The number of Topliss-reactive ketones (excluding diaryl/α,β-unsaturated/α-hetero) is 1. The van der Waals surface area contributed by atoms with Crippen LogP contribution in [0.15, 0.2) is 18.2 Å². The van der Waals surface area contributed by atoms with Crippen LogP contribution in [0.25, 0.3) is 0 Å². The van der Waals surface area contributed by atoms with Crippen molar-refractivity contribution >= 4 is 5.78 Å². The van der Waals surface area contributed by atoms with Crippen molar-refractivity contribution < 1.29 is 14.6 Å². The second-order valence-corrected chi connectivity index (χ2v) is 5.82. The largest absolute Gasteiger partial charge is 0.507 e. The Balaban J connectivity index is 2.33. The minimum absolute atomic E-state index is 0.0214. The number of benzene rings is 1. The third-order valence-corrected chi connectivity index (χ3v) is 3.75. The second-order valence-electron chi connectivity index (χ2n) is 5.82. The molecule has 0 saturated heterocycles. The molecule has 0 radical (unpaired) electrons. The standard InChI is InChI=1S/C19H30O3/c1-3-5-6-7-8-9-10-11-18(20)17-13-12-16(15-19(17)21)22-14-4-2/h12-13,15,21H,3-11,14H2,1-2H3. The van der Waals surface area contributed by atoms with Gasteiger partial charge in [-0.3, -0.25) is 4.79 Å². The van der Waals surface area contributed by atoms with Gasteiger partial charge >= 0.3 is 0 Å². The van der Waals surface area contributed by atoms with Crippen LogP contribution in [-0.4, -0.2) is 17.5 Å². The first-order valence-corrected chi connectivity index (χ1v) is 8.68. The lowest BCUT2D eigenvalue weighted by molar-refractivity contribution is 0.0976. The lowest BCUT2D eigenvalue weighted by atomic mass is 10.0. The molecule has 1 N–H and O–H groups in total. The summed E-state index contributed by atoms with van der Waals surface area (Å²) in [6.45, 7) is 4.86. The highest BCUT2D eigenvalue weighted by Gasteiger charge is 2.11. The fraction of sp³-hybridized carbons (Fsp3) is 0.632. The molecular formula is C19H30O3. The number of ether oxygens (including phenoxy) is 1. The van der Waals surface area contributed by atoms with Crippen LogP contribution in [-0.2, 0) is 0 Å². The highest BCUT2D eigenvalue weighted by molar-refractivity contribution is 5.98. The first kappa shape index (κ1) is 18.5. The van der Waals surface area contributed by atoms with E-state index in [1.165, 1.54) is 38.2 Å². The summed E-state index contributed by atoms with van der Waals surface area (Å²) < 4.78 is 5.44. The summed E-state index contributed by atoms with van der Waals surface area (Å²) in [6, 6.07) is 4.96. The Bertz CT molecular complexity index is 440. The molecule has 0 aromatic heterocycles. The molecule has 0 spiro atoms. The molecule has 0 unspecified atom stereocenters. The van der Waals surface area contributed by atoms with Crippen molar-refractivity contribution in [3.05, 3.63) is 23.8 Å². The fourth-order valence-electron chi connectivity index (χ4n) is 2.43. The first-order chi connectivity index (χ1) is 10.7. The minimum Gasteiger partial charge on any atom is -0.507 e. The summed E-state index contributed by atoms with van der Waals surface area (Å²) in [7, 11) is 0. The van der Waals surface area contributed by atoms with E-state index >= 15 is 0 Å². The Hall–Kier alpha value is -1.51. The number of unbranched alkanes of at least 4 members (excludes halogenated alkanes) is 6. The number of rotatable bonds is 12. The van der Waals surface area contributed by atoms with Gasteiger partial charge < -0.3 is 9.84 Å². The van der Waals surface area contributed by atoms with Crippen molar-refractivity contribution in [2.45, 2.75) is 71.6 Å². The predicted octanol–water partition coefficient (Wildman–Crippen LogP) is 5.50. The van der Waals surface area contributed by atoms with Gasteiger partial charge in [0.05, 0.1) is 12.2 Å². The highest BCUT2D eigenvalue weighted by atomic mass is 16.5. The molecule has 1 aromatic rings.